The third kappa shape index (κ3) is 6.07. The first-order valence-corrected chi connectivity index (χ1v) is 7.84. The molecule has 0 aliphatic heterocycles. The molecular formula is C14H22N2O2S. The van der Waals surface area contributed by atoms with Gasteiger partial charge < -0.3 is 5.32 Å². The van der Waals surface area contributed by atoms with Gasteiger partial charge in [0, 0.05) is 17.7 Å². The molecular weight excluding hydrogens is 260 g/mol. The van der Waals surface area contributed by atoms with Gasteiger partial charge in [-0.2, -0.15) is 11.8 Å². The number of thioether (sulfide) groups is 1. The van der Waals surface area contributed by atoms with Crippen molar-refractivity contribution in [2.45, 2.75) is 32.7 Å². The molecule has 106 valence electrons. The van der Waals surface area contributed by atoms with Crippen molar-refractivity contribution in [2.75, 3.05) is 18.1 Å². The minimum absolute atomic E-state index is 0.221. The quantitative estimate of drug-likeness (QED) is 0.429. The molecule has 0 saturated heterocycles. The molecule has 0 aliphatic carbocycles. The maximum Gasteiger partial charge on any atom is 0.272 e. The number of rotatable bonds is 9. The van der Waals surface area contributed by atoms with Crippen LogP contribution in [0.15, 0.2) is 24.3 Å². The Kier molecular flexibility index (Phi) is 7.52. The fourth-order valence-corrected chi connectivity index (χ4v) is 2.67. The highest BCUT2D eigenvalue weighted by atomic mass is 32.2. The van der Waals surface area contributed by atoms with Crippen LogP contribution in [0.3, 0.4) is 0 Å². The van der Waals surface area contributed by atoms with Crippen molar-refractivity contribution in [1.82, 2.24) is 5.32 Å². The van der Waals surface area contributed by atoms with Gasteiger partial charge in [0.15, 0.2) is 0 Å². The van der Waals surface area contributed by atoms with Crippen LogP contribution in [-0.4, -0.2) is 29.0 Å². The molecule has 19 heavy (non-hydrogen) atoms. The second-order valence-corrected chi connectivity index (χ2v) is 5.87. The molecule has 0 amide bonds. The van der Waals surface area contributed by atoms with Crippen molar-refractivity contribution in [3.8, 4) is 0 Å². The van der Waals surface area contributed by atoms with Crippen molar-refractivity contribution in [1.29, 1.82) is 0 Å². The number of nitrogens with zero attached hydrogens (tertiary/aromatic N) is 1. The van der Waals surface area contributed by atoms with Crippen LogP contribution in [-0.2, 0) is 6.42 Å². The van der Waals surface area contributed by atoms with Crippen LogP contribution >= 0.6 is 11.8 Å². The van der Waals surface area contributed by atoms with Crippen LogP contribution in [0.2, 0.25) is 0 Å². The molecule has 1 N–H and O–H groups in total. The van der Waals surface area contributed by atoms with Crippen LogP contribution in [0.5, 0.6) is 0 Å². The smallest absolute Gasteiger partial charge is 0.272 e. The van der Waals surface area contributed by atoms with Gasteiger partial charge in [0.1, 0.15) is 0 Å². The zero-order valence-corrected chi connectivity index (χ0v) is 12.4. The summed E-state index contributed by atoms with van der Waals surface area (Å²) in [5.74, 6) is 2.32. The number of para-hydroxylation sites is 1. The third-order valence-corrected chi connectivity index (χ3v) is 3.91. The number of hydrogen-bond donors (Lipinski definition) is 1. The molecule has 0 aliphatic rings. The minimum atomic E-state index is -0.309. The van der Waals surface area contributed by atoms with E-state index in [1.54, 1.807) is 12.1 Å². The lowest BCUT2D eigenvalue weighted by Gasteiger charge is -2.13. The Morgan fingerprint density at radius 1 is 1.42 bits per heavy atom. The van der Waals surface area contributed by atoms with Crippen molar-refractivity contribution >= 4 is 17.4 Å². The fraction of sp³-hybridized carbons (Fsp3) is 0.571. The summed E-state index contributed by atoms with van der Waals surface area (Å²) in [6, 6.07) is 7.42. The molecule has 1 atom stereocenters. The maximum atomic E-state index is 10.9. The van der Waals surface area contributed by atoms with Crippen LogP contribution < -0.4 is 5.32 Å². The second kappa shape index (κ2) is 8.93. The van der Waals surface area contributed by atoms with E-state index >= 15 is 0 Å². The number of nitro groups is 1. The van der Waals surface area contributed by atoms with E-state index in [0.717, 1.165) is 30.0 Å². The monoisotopic (exact) mass is 282 g/mol. The van der Waals surface area contributed by atoms with Gasteiger partial charge in [-0.05, 0) is 37.8 Å². The Balaban J connectivity index is 2.35. The Labute approximate surface area is 119 Å². The lowest BCUT2D eigenvalue weighted by molar-refractivity contribution is -0.385. The van der Waals surface area contributed by atoms with Gasteiger partial charge in [0.25, 0.3) is 5.69 Å². The highest BCUT2D eigenvalue weighted by Gasteiger charge is 2.11. The Bertz CT molecular complexity index is 399. The Hall–Kier alpha value is -1.07. The van der Waals surface area contributed by atoms with E-state index < -0.39 is 0 Å². The lowest BCUT2D eigenvalue weighted by atomic mass is 10.1. The van der Waals surface area contributed by atoms with Gasteiger partial charge in [0.2, 0.25) is 0 Å². The molecule has 1 unspecified atom stereocenters. The van der Waals surface area contributed by atoms with Gasteiger partial charge in [-0.25, -0.2) is 0 Å². The normalized spacial score (nSPS) is 12.3. The van der Waals surface area contributed by atoms with Gasteiger partial charge in [0.05, 0.1) is 4.92 Å². The van der Waals surface area contributed by atoms with Crippen molar-refractivity contribution in [3.05, 3.63) is 39.9 Å². The van der Waals surface area contributed by atoms with Crippen molar-refractivity contribution in [3.63, 3.8) is 0 Å². The second-order valence-electron chi connectivity index (χ2n) is 4.48. The zero-order chi connectivity index (χ0) is 14.1. The molecule has 4 nitrogen and oxygen atoms in total. The van der Waals surface area contributed by atoms with Crippen LogP contribution in [0.25, 0.3) is 0 Å². The third-order valence-electron chi connectivity index (χ3n) is 2.97. The maximum absolute atomic E-state index is 10.9. The topological polar surface area (TPSA) is 55.2 Å². The van der Waals surface area contributed by atoms with E-state index in [9.17, 15) is 10.1 Å². The number of nitrogens with one attached hydrogen (secondary N) is 1. The summed E-state index contributed by atoms with van der Waals surface area (Å²) in [6.07, 6.45) is 1.83. The summed E-state index contributed by atoms with van der Waals surface area (Å²) in [7, 11) is 0. The summed E-state index contributed by atoms with van der Waals surface area (Å²) in [5.41, 5.74) is 1.02. The van der Waals surface area contributed by atoms with Gasteiger partial charge in [-0.3, -0.25) is 10.1 Å². The molecule has 0 spiro atoms. The molecule has 0 aromatic heterocycles. The Morgan fingerprint density at radius 3 is 2.84 bits per heavy atom. The molecule has 1 aromatic carbocycles. The highest BCUT2D eigenvalue weighted by molar-refractivity contribution is 7.99. The van der Waals surface area contributed by atoms with E-state index in [2.05, 4.69) is 19.2 Å². The van der Waals surface area contributed by atoms with Crippen LogP contribution in [0, 0.1) is 10.1 Å². The van der Waals surface area contributed by atoms with E-state index in [-0.39, 0.29) is 10.6 Å². The first-order valence-electron chi connectivity index (χ1n) is 6.68. The number of benzene rings is 1. The van der Waals surface area contributed by atoms with Crippen LogP contribution in [0.1, 0.15) is 25.8 Å². The van der Waals surface area contributed by atoms with Crippen LogP contribution in [0.4, 0.5) is 5.69 Å². The average Bonchev–Trinajstić information content (AvgIpc) is 2.39. The minimum Gasteiger partial charge on any atom is -0.314 e. The Morgan fingerprint density at radius 2 is 2.16 bits per heavy atom. The summed E-state index contributed by atoms with van der Waals surface area (Å²) >= 11 is 1.94. The molecule has 0 radical (unpaired) electrons. The van der Waals surface area contributed by atoms with E-state index in [4.69, 9.17) is 0 Å². The predicted octanol–water partition coefficient (Wildman–Crippen LogP) is 3.26. The fourth-order valence-electron chi connectivity index (χ4n) is 1.86. The van der Waals surface area contributed by atoms with E-state index in [1.165, 1.54) is 0 Å². The number of nitro benzene ring substituents is 1. The van der Waals surface area contributed by atoms with E-state index in [0.29, 0.717) is 12.5 Å². The number of hydrogen-bond acceptors (Lipinski definition) is 4. The summed E-state index contributed by atoms with van der Waals surface area (Å²) in [4.78, 5) is 10.6. The first kappa shape index (κ1) is 16.0. The SMILES string of the molecule is CCSCCC(C)NCCc1ccccc1[N+](=O)[O-]. The molecule has 0 saturated carbocycles. The average molecular weight is 282 g/mol. The molecule has 0 heterocycles. The lowest BCUT2D eigenvalue weighted by Crippen LogP contribution is -2.28. The van der Waals surface area contributed by atoms with E-state index in [1.807, 2.05) is 23.9 Å². The summed E-state index contributed by atoms with van der Waals surface area (Å²) in [5, 5.41) is 14.3. The largest absolute Gasteiger partial charge is 0.314 e. The summed E-state index contributed by atoms with van der Waals surface area (Å²) in [6.45, 7) is 5.11. The summed E-state index contributed by atoms with van der Waals surface area (Å²) < 4.78 is 0. The van der Waals surface area contributed by atoms with Crippen molar-refractivity contribution < 1.29 is 4.92 Å². The van der Waals surface area contributed by atoms with Gasteiger partial charge in [-0.1, -0.05) is 25.1 Å². The molecule has 1 rings (SSSR count). The molecule has 0 fully saturated rings. The zero-order valence-electron chi connectivity index (χ0n) is 11.6. The van der Waals surface area contributed by atoms with Gasteiger partial charge in [-0.15, -0.1) is 0 Å². The first-order chi connectivity index (χ1) is 9.15. The van der Waals surface area contributed by atoms with Gasteiger partial charge >= 0.3 is 0 Å². The molecule has 1 aromatic rings. The standard InChI is InChI=1S/C14H22N2O2S/c1-3-19-11-9-12(2)15-10-8-13-6-4-5-7-14(13)16(17)18/h4-7,12,15H,3,8-11H2,1-2H3. The highest BCUT2D eigenvalue weighted by Crippen LogP contribution is 2.17. The van der Waals surface area contributed by atoms with Crippen molar-refractivity contribution in [2.24, 2.45) is 0 Å². The molecule has 0 bridgehead atoms. The predicted molar refractivity (Wildman–Crippen MR) is 81.9 cm³/mol. The molecule has 5 heteroatoms.